The molecule has 0 aliphatic rings. The second-order valence-electron chi connectivity index (χ2n) is 9.30. The van der Waals surface area contributed by atoms with Crippen molar-refractivity contribution in [2.24, 2.45) is 11.5 Å². The van der Waals surface area contributed by atoms with Gasteiger partial charge in [0.25, 0.3) is 0 Å². The molecule has 2 aromatic carbocycles. The first-order valence-electron chi connectivity index (χ1n) is 13.0. The van der Waals surface area contributed by atoms with Gasteiger partial charge in [-0.3, -0.25) is 14.4 Å². The Hall–Kier alpha value is -3.65. The Kier molecular flexibility index (Phi) is 16.8. The van der Waals surface area contributed by atoms with E-state index in [1.54, 1.807) is 54.2 Å². The van der Waals surface area contributed by atoms with Gasteiger partial charge < -0.3 is 42.7 Å². The van der Waals surface area contributed by atoms with E-state index in [9.17, 15) is 29.4 Å². The van der Waals surface area contributed by atoms with Gasteiger partial charge in [0.1, 0.15) is 17.8 Å². The van der Waals surface area contributed by atoms with Crippen LogP contribution >= 0.6 is 11.8 Å². The Morgan fingerprint density at radius 3 is 2.07 bits per heavy atom. The Bertz CT molecular complexity index is 1090. The molecule has 226 valence electrons. The predicted molar refractivity (Wildman–Crippen MR) is 158 cm³/mol. The molecule has 13 heteroatoms. The van der Waals surface area contributed by atoms with Crippen LogP contribution in [0.25, 0.3) is 0 Å². The summed E-state index contributed by atoms with van der Waals surface area (Å²) in [6, 6.07) is 12.0. The van der Waals surface area contributed by atoms with Gasteiger partial charge in [0, 0.05) is 12.5 Å². The average molecular weight is 592 g/mol. The van der Waals surface area contributed by atoms with Crippen molar-refractivity contribution in [3.8, 4) is 5.75 Å². The van der Waals surface area contributed by atoms with E-state index in [1.807, 2.05) is 6.26 Å². The minimum atomic E-state index is -1.19. The van der Waals surface area contributed by atoms with Crippen molar-refractivity contribution in [3.63, 3.8) is 0 Å². The Morgan fingerprint density at radius 2 is 1.51 bits per heavy atom. The fourth-order valence-electron chi connectivity index (χ4n) is 3.34. The first kappa shape index (κ1) is 35.4. The van der Waals surface area contributed by atoms with E-state index in [1.165, 1.54) is 19.1 Å². The summed E-state index contributed by atoms with van der Waals surface area (Å²) in [7, 11) is 0. The standard InChI is InChI=1S/C23H28N4O6.C5H13NOS/c1-14(26-22(31)18(24)11-16-7-9-17(28)10-8-16)21(30)25-13-20(29)27-19(23(32)33)12-15-5-3-2-4-6-15;1-8-3-2-5(6)4-7/h2-10,14,18-19,28H,11-13,24H2,1H3,(H,25,30)(H,26,31)(H,27,29)(H,32,33);5,7H,2-4,6H2,1H3/t14-,18+,19+;5-/m10/s1. The molecule has 3 amide bonds. The summed E-state index contributed by atoms with van der Waals surface area (Å²) in [5.74, 6) is -1.90. The quantitative estimate of drug-likeness (QED) is 0.136. The predicted octanol–water partition coefficient (Wildman–Crippen LogP) is -0.246. The summed E-state index contributed by atoms with van der Waals surface area (Å²) in [5, 5.41) is 34.3. The van der Waals surface area contributed by atoms with Crippen molar-refractivity contribution in [3.05, 3.63) is 65.7 Å². The fraction of sp³-hybridized carbons (Fsp3) is 0.429. The number of rotatable bonds is 15. The summed E-state index contributed by atoms with van der Waals surface area (Å²) in [5.41, 5.74) is 12.8. The molecule has 4 atom stereocenters. The molecular weight excluding hydrogens is 550 g/mol. The molecule has 0 radical (unpaired) electrons. The zero-order valence-electron chi connectivity index (χ0n) is 23.3. The zero-order valence-corrected chi connectivity index (χ0v) is 24.1. The van der Waals surface area contributed by atoms with Gasteiger partial charge in [0.15, 0.2) is 0 Å². The smallest absolute Gasteiger partial charge is 0.326 e. The van der Waals surface area contributed by atoms with Gasteiger partial charge in [-0.15, -0.1) is 0 Å². The number of aromatic hydroxyl groups is 1. The molecule has 0 saturated heterocycles. The number of carbonyl (C=O) groups excluding carboxylic acids is 3. The van der Waals surface area contributed by atoms with Crippen LogP contribution in [0.3, 0.4) is 0 Å². The van der Waals surface area contributed by atoms with Gasteiger partial charge in [-0.1, -0.05) is 42.5 Å². The second kappa shape index (κ2) is 19.4. The SMILES string of the molecule is CSCC[C@H](N)CO.C[C@@H](NC(=O)[C@@H](N)Cc1ccc(O)cc1)C(=O)NCC(=O)N[C@@H](Cc1ccccc1)C(=O)O. The lowest BCUT2D eigenvalue weighted by atomic mass is 10.1. The van der Waals surface area contributed by atoms with E-state index in [-0.39, 0.29) is 31.2 Å². The number of aliphatic hydroxyl groups is 1. The maximum Gasteiger partial charge on any atom is 0.326 e. The molecule has 0 fully saturated rings. The van der Waals surface area contributed by atoms with Crippen molar-refractivity contribution < 1.29 is 34.5 Å². The number of carboxylic acids is 1. The van der Waals surface area contributed by atoms with Crippen molar-refractivity contribution in [2.75, 3.05) is 25.2 Å². The highest BCUT2D eigenvalue weighted by Gasteiger charge is 2.23. The van der Waals surface area contributed by atoms with Crippen LogP contribution in [0.2, 0.25) is 0 Å². The van der Waals surface area contributed by atoms with Gasteiger partial charge in [0.05, 0.1) is 19.2 Å². The Morgan fingerprint density at radius 1 is 0.902 bits per heavy atom. The molecule has 0 bridgehead atoms. The number of nitrogens with two attached hydrogens (primary N) is 2. The largest absolute Gasteiger partial charge is 0.508 e. The van der Waals surface area contributed by atoms with Gasteiger partial charge in [-0.05, 0) is 55.0 Å². The van der Waals surface area contributed by atoms with E-state index in [0.717, 1.165) is 23.3 Å². The monoisotopic (exact) mass is 591 g/mol. The number of thioether (sulfide) groups is 1. The summed E-state index contributed by atoms with van der Waals surface area (Å²) in [6.07, 6.45) is 3.25. The van der Waals surface area contributed by atoms with Crippen LogP contribution in [-0.4, -0.2) is 88.3 Å². The number of nitrogens with one attached hydrogen (secondary N) is 3. The number of benzene rings is 2. The highest BCUT2D eigenvalue weighted by molar-refractivity contribution is 7.98. The number of aliphatic hydroxyl groups excluding tert-OH is 1. The van der Waals surface area contributed by atoms with Crippen LogP contribution in [0, 0.1) is 0 Å². The Labute approximate surface area is 244 Å². The van der Waals surface area contributed by atoms with Crippen LogP contribution in [0.4, 0.5) is 0 Å². The highest BCUT2D eigenvalue weighted by atomic mass is 32.2. The number of carbonyl (C=O) groups is 4. The van der Waals surface area contributed by atoms with Crippen LogP contribution in [0.1, 0.15) is 24.5 Å². The van der Waals surface area contributed by atoms with Crippen molar-refractivity contribution in [2.45, 2.75) is 50.4 Å². The third-order valence-corrected chi connectivity index (χ3v) is 6.39. The van der Waals surface area contributed by atoms with Crippen LogP contribution in [-0.2, 0) is 32.0 Å². The van der Waals surface area contributed by atoms with E-state index in [0.29, 0.717) is 0 Å². The molecule has 0 saturated carbocycles. The van der Waals surface area contributed by atoms with Crippen molar-refractivity contribution in [1.82, 2.24) is 16.0 Å². The number of aliphatic carboxylic acids is 1. The number of carboxylic acid groups (broad SMARTS) is 1. The molecular formula is C28H41N5O7S. The molecule has 0 aromatic heterocycles. The molecule has 2 rings (SSSR count). The third-order valence-electron chi connectivity index (χ3n) is 5.75. The molecule has 0 aliphatic heterocycles. The van der Waals surface area contributed by atoms with Crippen molar-refractivity contribution in [1.29, 1.82) is 0 Å². The van der Waals surface area contributed by atoms with Crippen LogP contribution < -0.4 is 27.4 Å². The topological polar surface area (TPSA) is 217 Å². The fourth-order valence-corrected chi connectivity index (χ4v) is 3.88. The maximum absolute atomic E-state index is 12.3. The third kappa shape index (κ3) is 15.1. The van der Waals surface area contributed by atoms with Gasteiger partial charge in [-0.25, -0.2) is 4.79 Å². The minimum Gasteiger partial charge on any atom is -0.508 e. The van der Waals surface area contributed by atoms with Gasteiger partial charge in [0.2, 0.25) is 17.7 Å². The normalized spacial score (nSPS) is 13.4. The molecule has 10 N–H and O–H groups in total. The second-order valence-corrected chi connectivity index (χ2v) is 10.3. The zero-order chi connectivity index (χ0) is 30.8. The van der Waals surface area contributed by atoms with Crippen LogP contribution in [0.15, 0.2) is 54.6 Å². The first-order chi connectivity index (χ1) is 19.5. The summed E-state index contributed by atoms with van der Waals surface area (Å²) >= 11 is 1.75. The van der Waals surface area contributed by atoms with E-state index in [4.69, 9.17) is 16.6 Å². The molecule has 0 aliphatic carbocycles. The minimum absolute atomic E-state index is 0.0116. The summed E-state index contributed by atoms with van der Waals surface area (Å²) in [4.78, 5) is 48.0. The number of phenolic OH excluding ortho intramolecular Hbond substituents is 1. The number of phenols is 1. The van der Waals surface area contributed by atoms with E-state index in [2.05, 4.69) is 16.0 Å². The summed E-state index contributed by atoms with van der Waals surface area (Å²) < 4.78 is 0. The molecule has 0 unspecified atom stereocenters. The van der Waals surface area contributed by atoms with E-state index >= 15 is 0 Å². The lowest BCUT2D eigenvalue weighted by Crippen LogP contribution is -2.52. The first-order valence-corrected chi connectivity index (χ1v) is 14.4. The molecule has 0 spiro atoms. The Balaban J connectivity index is 0.000000915. The number of hydrogen-bond acceptors (Lipinski definition) is 9. The average Bonchev–Trinajstić information content (AvgIpc) is 2.96. The highest BCUT2D eigenvalue weighted by Crippen LogP contribution is 2.11. The lowest BCUT2D eigenvalue weighted by molar-refractivity contribution is -0.141. The maximum atomic E-state index is 12.3. The molecule has 0 heterocycles. The summed E-state index contributed by atoms with van der Waals surface area (Å²) in [6.45, 7) is 1.10. The molecule has 2 aromatic rings. The van der Waals surface area contributed by atoms with E-state index < -0.39 is 48.4 Å². The lowest BCUT2D eigenvalue weighted by Gasteiger charge is -2.18. The van der Waals surface area contributed by atoms with Crippen molar-refractivity contribution >= 4 is 35.5 Å². The van der Waals surface area contributed by atoms with Gasteiger partial charge >= 0.3 is 5.97 Å². The number of amides is 3. The number of hydrogen-bond donors (Lipinski definition) is 8. The van der Waals surface area contributed by atoms with Gasteiger partial charge in [-0.2, -0.15) is 11.8 Å². The molecule has 12 nitrogen and oxygen atoms in total. The molecule has 41 heavy (non-hydrogen) atoms. The van der Waals surface area contributed by atoms with Crippen LogP contribution in [0.5, 0.6) is 5.75 Å².